The van der Waals surface area contributed by atoms with Crippen LogP contribution in [-0.2, 0) is 4.79 Å². The molecule has 28 heavy (non-hydrogen) atoms. The lowest BCUT2D eigenvalue weighted by Crippen LogP contribution is -2.33. The molecular formula is C21H24N2O5. The van der Waals surface area contributed by atoms with Crippen molar-refractivity contribution >= 4 is 17.9 Å². The van der Waals surface area contributed by atoms with Gasteiger partial charge in [0.05, 0.1) is 21.3 Å². The standard InChI is InChI=1S/C21H24N2O5/c1-26-17-8-5-16(6-9-17)21(25)23-13-12-22-20(24)11-7-15-4-10-18(27-2)14-19(15)28-3/h4-11,14H,12-13H2,1-3H3,(H,22,24)(H,23,25)/b11-7+. The average molecular weight is 384 g/mol. The maximum absolute atomic E-state index is 12.0. The van der Waals surface area contributed by atoms with Crippen LogP contribution in [0.15, 0.2) is 48.5 Å². The Balaban J connectivity index is 1.78. The van der Waals surface area contributed by atoms with E-state index < -0.39 is 0 Å². The number of methoxy groups -OCH3 is 3. The van der Waals surface area contributed by atoms with Crippen LogP contribution in [0, 0.1) is 0 Å². The lowest BCUT2D eigenvalue weighted by Gasteiger charge is -2.08. The third-order valence-electron chi connectivity index (χ3n) is 3.92. The average Bonchev–Trinajstić information content (AvgIpc) is 2.74. The van der Waals surface area contributed by atoms with Crippen molar-refractivity contribution in [2.24, 2.45) is 0 Å². The molecule has 2 rings (SSSR count). The first-order chi connectivity index (χ1) is 13.6. The Morgan fingerprint density at radius 2 is 1.50 bits per heavy atom. The van der Waals surface area contributed by atoms with Gasteiger partial charge < -0.3 is 24.8 Å². The maximum Gasteiger partial charge on any atom is 0.251 e. The van der Waals surface area contributed by atoms with Gasteiger partial charge in [-0.3, -0.25) is 9.59 Å². The fraction of sp³-hybridized carbons (Fsp3) is 0.238. The van der Waals surface area contributed by atoms with Crippen LogP contribution in [0.25, 0.3) is 6.08 Å². The largest absolute Gasteiger partial charge is 0.497 e. The first-order valence-electron chi connectivity index (χ1n) is 8.67. The van der Waals surface area contributed by atoms with Crippen molar-refractivity contribution in [2.45, 2.75) is 0 Å². The summed E-state index contributed by atoms with van der Waals surface area (Å²) in [6.07, 6.45) is 3.07. The summed E-state index contributed by atoms with van der Waals surface area (Å²) >= 11 is 0. The summed E-state index contributed by atoms with van der Waals surface area (Å²) < 4.78 is 15.5. The Kier molecular flexibility index (Phi) is 7.90. The predicted octanol–water partition coefficient (Wildman–Crippen LogP) is 2.27. The summed E-state index contributed by atoms with van der Waals surface area (Å²) in [6.45, 7) is 0.626. The molecule has 2 aromatic rings. The molecule has 0 saturated heterocycles. The van der Waals surface area contributed by atoms with Crippen molar-refractivity contribution in [3.8, 4) is 17.2 Å². The Hall–Kier alpha value is -3.48. The molecule has 0 radical (unpaired) electrons. The number of hydrogen-bond donors (Lipinski definition) is 2. The van der Waals surface area contributed by atoms with E-state index in [9.17, 15) is 9.59 Å². The maximum atomic E-state index is 12.0. The second kappa shape index (κ2) is 10.6. The molecule has 2 amide bonds. The van der Waals surface area contributed by atoms with E-state index in [2.05, 4.69) is 10.6 Å². The molecule has 0 heterocycles. The number of ether oxygens (including phenoxy) is 3. The van der Waals surface area contributed by atoms with Crippen LogP contribution in [-0.4, -0.2) is 46.2 Å². The van der Waals surface area contributed by atoms with Gasteiger partial charge in [0.25, 0.3) is 5.91 Å². The lowest BCUT2D eigenvalue weighted by molar-refractivity contribution is -0.116. The van der Waals surface area contributed by atoms with E-state index in [1.807, 2.05) is 0 Å². The predicted molar refractivity (Wildman–Crippen MR) is 107 cm³/mol. The molecule has 0 unspecified atom stereocenters. The Labute approximate surface area is 164 Å². The monoisotopic (exact) mass is 384 g/mol. The van der Waals surface area contributed by atoms with Gasteiger partial charge in [-0.05, 0) is 42.5 Å². The molecule has 7 nitrogen and oxygen atoms in total. The van der Waals surface area contributed by atoms with E-state index in [0.717, 1.165) is 5.56 Å². The molecule has 0 aliphatic rings. The number of rotatable bonds is 9. The fourth-order valence-electron chi connectivity index (χ4n) is 2.39. The second-order valence-corrected chi connectivity index (χ2v) is 5.72. The first-order valence-corrected chi connectivity index (χ1v) is 8.67. The lowest BCUT2D eigenvalue weighted by atomic mass is 10.1. The fourth-order valence-corrected chi connectivity index (χ4v) is 2.39. The van der Waals surface area contributed by atoms with Crippen molar-refractivity contribution in [1.82, 2.24) is 10.6 Å². The minimum absolute atomic E-state index is 0.213. The molecule has 2 N–H and O–H groups in total. The van der Waals surface area contributed by atoms with E-state index in [4.69, 9.17) is 14.2 Å². The van der Waals surface area contributed by atoms with Gasteiger partial charge in [-0.25, -0.2) is 0 Å². The highest BCUT2D eigenvalue weighted by Gasteiger charge is 2.05. The van der Waals surface area contributed by atoms with Crippen molar-refractivity contribution in [2.75, 3.05) is 34.4 Å². The number of hydrogen-bond acceptors (Lipinski definition) is 5. The Morgan fingerprint density at radius 3 is 2.14 bits per heavy atom. The van der Waals surface area contributed by atoms with Gasteiger partial charge in [0.2, 0.25) is 5.91 Å². The molecule has 0 fully saturated rings. The van der Waals surface area contributed by atoms with Crippen molar-refractivity contribution < 1.29 is 23.8 Å². The zero-order chi connectivity index (χ0) is 20.4. The van der Waals surface area contributed by atoms with Crippen molar-refractivity contribution in [3.63, 3.8) is 0 Å². The summed E-state index contributed by atoms with van der Waals surface area (Å²) in [5.41, 5.74) is 1.28. The number of benzene rings is 2. The Bertz CT molecular complexity index is 831. The second-order valence-electron chi connectivity index (χ2n) is 5.72. The quantitative estimate of drug-likeness (QED) is 0.512. The van der Waals surface area contributed by atoms with E-state index in [0.29, 0.717) is 35.9 Å². The third kappa shape index (κ3) is 6.05. The van der Waals surface area contributed by atoms with Gasteiger partial charge in [0.15, 0.2) is 0 Å². The van der Waals surface area contributed by atoms with E-state index >= 15 is 0 Å². The van der Waals surface area contributed by atoms with Gasteiger partial charge >= 0.3 is 0 Å². The van der Waals surface area contributed by atoms with Crippen LogP contribution < -0.4 is 24.8 Å². The highest BCUT2D eigenvalue weighted by molar-refractivity contribution is 5.94. The molecule has 148 valence electrons. The van der Waals surface area contributed by atoms with Gasteiger partial charge in [-0.15, -0.1) is 0 Å². The van der Waals surface area contributed by atoms with Crippen molar-refractivity contribution in [1.29, 1.82) is 0 Å². The van der Waals surface area contributed by atoms with Crippen LogP contribution in [0.3, 0.4) is 0 Å². The number of amides is 2. The van der Waals surface area contributed by atoms with Crippen LogP contribution in [0.4, 0.5) is 0 Å². The summed E-state index contributed by atoms with van der Waals surface area (Å²) in [7, 11) is 4.69. The van der Waals surface area contributed by atoms with Crippen LogP contribution in [0.1, 0.15) is 15.9 Å². The normalized spacial score (nSPS) is 10.4. The highest BCUT2D eigenvalue weighted by atomic mass is 16.5. The van der Waals surface area contributed by atoms with Crippen molar-refractivity contribution in [3.05, 3.63) is 59.7 Å². The third-order valence-corrected chi connectivity index (χ3v) is 3.92. The van der Waals surface area contributed by atoms with Gasteiger partial charge in [-0.1, -0.05) is 0 Å². The summed E-state index contributed by atoms with van der Waals surface area (Å²) in [5, 5.41) is 5.46. The molecule has 0 bridgehead atoms. The van der Waals surface area contributed by atoms with Crippen LogP contribution in [0.5, 0.6) is 17.2 Å². The Morgan fingerprint density at radius 1 is 0.857 bits per heavy atom. The van der Waals surface area contributed by atoms with E-state index in [-0.39, 0.29) is 11.8 Å². The molecule has 0 aromatic heterocycles. The van der Waals surface area contributed by atoms with E-state index in [1.54, 1.807) is 69.9 Å². The van der Waals surface area contributed by atoms with Gasteiger partial charge in [-0.2, -0.15) is 0 Å². The summed E-state index contributed by atoms with van der Waals surface area (Å²) in [5.74, 6) is 1.48. The molecule has 2 aromatic carbocycles. The van der Waals surface area contributed by atoms with Crippen LogP contribution in [0.2, 0.25) is 0 Å². The minimum atomic E-state index is -0.267. The number of carbonyl (C=O) groups is 2. The van der Waals surface area contributed by atoms with E-state index in [1.165, 1.54) is 6.08 Å². The molecule has 0 atom stereocenters. The minimum Gasteiger partial charge on any atom is -0.497 e. The highest BCUT2D eigenvalue weighted by Crippen LogP contribution is 2.25. The molecule has 0 spiro atoms. The summed E-state index contributed by atoms with van der Waals surface area (Å²) in [6, 6.07) is 12.1. The van der Waals surface area contributed by atoms with Gasteiger partial charge in [0, 0.05) is 36.4 Å². The first kappa shape index (κ1) is 20.8. The topological polar surface area (TPSA) is 85.9 Å². The molecule has 0 aliphatic carbocycles. The number of nitrogens with one attached hydrogen (secondary N) is 2. The molecular weight excluding hydrogens is 360 g/mol. The SMILES string of the molecule is COc1ccc(C(=O)NCCNC(=O)/C=C/c2ccc(OC)cc2OC)cc1. The molecule has 0 aliphatic heterocycles. The smallest absolute Gasteiger partial charge is 0.251 e. The van der Waals surface area contributed by atoms with Crippen LogP contribution >= 0.6 is 0 Å². The summed E-state index contributed by atoms with van der Waals surface area (Å²) in [4.78, 5) is 24.0. The zero-order valence-electron chi connectivity index (χ0n) is 16.2. The molecule has 7 heteroatoms. The molecule has 0 saturated carbocycles. The zero-order valence-corrected chi connectivity index (χ0v) is 16.2. The van der Waals surface area contributed by atoms with Gasteiger partial charge in [0.1, 0.15) is 17.2 Å². The number of carbonyl (C=O) groups excluding carboxylic acids is 2.